The maximum Gasteiger partial charge on any atom is 0.319 e. The predicted molar refractivity (Wildman–Crippen MR) is 86.6 cm³/mol. The van der Waals surface area contributed by atoms with Gasteiger partial charge in [-0.15, -0.1) is 10.2 Å². The fourth-order valence-electron chi connectivity index (χ4n) is 2.22. The van der Waals surface area contributed by atoms with E-state index < -0.39 is 0 Å². The smallest absolute Gasteiger partial charge is 0.319 e. The first kappa shape index (κ1) is 16.1. The summed E-state index contributed by atoms with van der Waals surface area (Å²) >= 11 is 7.42. The number of esters is 1. The first-order valence-electron chi connectivity index (χ1n) is 7.17. The second-order valence-electron chi connectivity index (χ2n) is 5.27. The molecule has 0 saturated carbocycles. The lowest BCUT2D eigenvalue weighted by Gasteiger charge is -2.08. The Labute approximate surface area is 143 Å². The zero-order valence-corrected chi connectivity index (χ0v) is 14.3. The molecule has 8 heteroatoms. The van der Waals surface area contributed by atoms with E-state index in [-0.39, 0.29) is 23.9 Å². The highest BCUT2D eigenvalue weighted by atomic mass is 35.5. The van der Waals surface area contributed by atoms with E-state index in [1.54, 1.807) is 12.1 Å². The minimum Gasteiger partial charge on any atom is -0.484 e. The van der Waals surface area contributed by atoms with Gasteiger partial charge in [0.15, 0.2) is 11.0 Å². The van der Waals surface area contributed by atoms with Crippen LogP contribution in [0.4, 0.5) is 0 Å². The Bertz CT molecular complexity index is 722. The zero-order valence-electron chi connectivity index (χ0n) is 12.7. The average Bonchev–Trinajstić information content (AvgIpc) is 3.02. The molecule has 2 unspecified atom stereocenters. The highest BCUT2D eigenvalue weighted by Gasteiger charge is 2.34. The quantitative estimate of drug-likeness (QED) is 0.770. The topological polar surface area (TPSA) is 66.2 Å². The van der Waals surface area contributed by atoms with Gasteiger partial charge in [0.1, 0.15) is 23.7 Å². The molecule has 0 spiro atoms. The third-order valence-electron chi connectivity index (χ3n) is 3.49. The SMILES string of the molecule is CC1CC(Sc2nnc(COc3ccccc3Cl)n2C)C(=O)O1. The second kappa shape index (κ2) is 6.80. The van der Waals surface area contributed by atoms with Crippen molar-refractivity contribution in [3.8, 4) is 5.75 Å². The average molecular weight is 354 g/mol. The van der Waals surface area contributed by atoms with Crippen molar-refractivity contribution >= 4 is 29.3 Å². The highest BCUT2D eigenvalue weighted by Crippen LogP contribution is 2.31. The number of cyclic esters (lactones) is 1. The molecule has 6 nitrogen and oxygen atoms in total. The molecule has 0 N–H and O–H groups in total. The number of hydrogen-bond donors (Lipinski definition) is 0. The Morgan fingerprint density at radius 1 is 1.43 bits per heavy atom. The van der Waals surface area contributed by atoms with E-state index in [2.05, 4.69) is 10.2 Å². The lowest BCUT2D eigenvalue weighted by Crippen LogP contribution is -2.11. The van der Waals surface area contributed by atoms with Crippen LogP contribution in [0.25, 0.3) is 0 Å². The van der Waals surface area contributed by atoms with Crippen molar-refractivity contribution in [2.75, 3.05) is 0 Å². The van der Waals surface area contributed by atoms with Gasteiger partial charge in [-0.25, -0.2) is 0 Å². The van der Waals surface area contributed by atoms with Gasteiger partial charge in [0.25, 0.3) is 0 Å². The minimum absolute atomic E-state index is 0.0451. The van der Waals surface area contributed by atoms with E-state index in [4.69, 9.17) is 21.1 Å². The molecule has 0 bridgehead atoms. The molecule has 23 heavy (non-hydrogen) atoms. The van der Waals surface area contributed by atoms with Crippen molar-refractivity contribution in [3.63, 3.8) is 0 Å². The van der Waals surface area contributed by atoms with Crippen LogP contribution < -0.4 is 4.74 Å². The van der Waals surface area contributed by atoms with Crippen LogP contribution in [0.3, 0.4) is 0 Å². The van der Waals surface area contributed by atoms with Gasteiger partial charge < -0.3 is 14.0 Å². The summed E-state index contributed by atoms with van der Waals surface area (Å²) in [5.74, 6) is 1.06. The molecular weight excluding hydrogens is 338 g/mol. The third-order valence-corrected chi connectivity index (χ3v) is 5.04. The summed E-state index contributed by atoms with van der Waals surface area (Å²) in [7, 11) is 1.84. The monoisotopic (exact) mass is 353 g/mol. The maximum atomic E-state index is 11.7. The van der Waals surface area contributed by atoms with Gasteiger partial charge >= 0.3 is 5.97 Å². The van der Waals surface area contributed by atoms with Gasteiger partial charge in [-0.1, -0.05) is 35.5 Å². The van der Waals surface area contributed by atoms with E-state index in [0.29, 0.717) is 28.2 Å². The Hall–Kier alpha value is -1.73. The molecule has 3 rings (SSSR count). The minimum atomic E-state index is -0.231. The van der Waals surface area contributed by atoms with E-state index in [1.165, 1.54) is 11.8 Å². The molecule has 1 aromatic carbocycles. The van der Waals surface area contributed by atoms with Crippen LogP contribution >= 0.6 is 23.4 Å². The van der Waals surface area contributed by atoms with Crippen molar-refractivity contribution in [3.05, 3.63) is 35.1 Å². The number of thioether (sulfide) groups is 1. The van der Waals surface area contributed by atoms with Crippen LogP contribution in [-0.2, 0) is 23.2 Å². The van der Waals surface area contributed by atoms with Crippen LogP contribution in [0.2, 0.25) is 5.02 Å². The summed E-state index contributed by atoms with van der Waals surface area (Å²) in [5.41, 5.74) is 0. The van der Waals surface area contributed by atoms with E-state index >= 15 is 0 Å². The Kier molecular flexibility index (Phi) is 4.77. The molecule has 1 aromatic heterocycles. The first-order valence-corrected chi connectivity index (χ1v) is 8.43. The fourth-order valence-corrected chi connectivity index (χ4v) is 3.54. The molecule has 2 heterocycles. The summed E-state index contributed by atoms with van der Waals surface area (Å²) in [6.07, 6.45) is 0.637. The number of benzene rings is 1. The van der Waals surface area contributed by atoms with Gasteiger partial charge in [0, 0.05) is 13.5 Å². The van der Waals surface area contributed by atoms with Gasteiger partial charge in [-0.05, 0) is 19.1 Å². The van der Waals surface area contributed by atoms with Crippen LogP contribution in [0.15, 0.2) is 29.4 Å². The first-order chi connectivity index (χ1) is 11.0. The Morgan fingerprint density at radius 3 is 2.91 bits per heavy atom. The largest absolute Gasteiger partial charge is 0.484 e. The number of hydrogen-bond acceptors (Lipinski definition) is 6. The molecular formula is C15H16ClN3O3S. The second-order valence-corrected chi connectivity index (χ2v) is 6.84. The molecule has 1 aliphatic rings. The molecule has 0 aliphatic carbocycles. The molecule has 122 valence electrons. The van der Waals surface area contributed by atoms with Crippen LogP contribution in [0.5, 0.6) is 5.75 Å². The van der Waals surface area contributed by atoms with Crippen molar-refractivity contribution in [1.29, 1.82) is 0 Å². The summed E-state index contributed by atoms with van der Waals surface area (Å²) in [5, 5.41) is 9.23. The molecule has 1 fully saturated rings. The summed E-state index contributed by atoms with van der Waals surface area (Å²) in [6.45, 7) is 2.14. The van der Waals surface area contributed by atoms with Crippen LogP contribution in [0.1, 0.15) is 19.2 Å². The van der Waals surface area contributed by atoms with E-state index in [1.807, 2.05) is 30.7 Å². The lowest BCUT2D eigenvalue weighted by molar-refractivity contribution is -0.140. The number of aromatic nitrogens is 3. The fraction of sp³-hybridized carbons (Fsp3) is 0.400. The van der Waals surface area contributed by atoms with Gasteiger partial charge in [0.05, 0.1) is 5.02 Å². The van der Waals surface area contributed by atoms with Crippen LogP contribution in [-0.4, -0.2) is 32.1 Å². The van der Waals surface area contributed by atoms with Crippen molar-refractivity contribution in [1.82, 2.24) is 14.8 Å². The van der Waals surface area contributed by atoms with Crippen molar-refractivity contribution < 1.29 is 14.3 Å². The van der Waals surface area contributed by atoms with Gasteiger partial charge in [-0.3, -0.25) is 4.79 Å². The molecule has 1 aliphatic heterocycles. The summed E-state index contributed by atoms with van der Waals surface area (Å²) in [4.78, 5) is 11.7. The summed E-state index contributed by atoms with van der Waals surface area (Å²) < 4.78 is 12.6. The molecule has 1 saturated heterocycles. The number of ether oxygens (including phenoxy) is 2. The van der Waals surface area contributed by atoms with E-state index in [0.717, 1.165) is 0 Å². The highest BCUT2D eigenvalue weighted by molar-refractivity contribution is 8.00. The number of halogens is 1. The molecule has 2 aromatic rings. The molecule has 0 radical (unpaired) electrons. The van der Waals surface area contributed by atoms with Crippen LogP contribution in [0, 0.1) is 0 Å². The number of para-hydroxylation sites is 1. The molecule has 2 atom stereocenters. The number of carbonyl (C=O) groups excluding carboxylic acids is 1. The Balaban J connectivity index is 1.65. The number of nitrogens with zero attached hydrogens (tertiary/aromatic N) is 3. The van der Waals surface area contributed by atoms with Crippen molar-refractivity contribution in [2.24, 2.45) is 7.05 Å². The van der Waals surface area contributed by atoms with Gasteiger partial charge in [-0.2, -0.15) is 0 Å². The number of rotatable bonds is 5. The standard InChI is InChI=1S/C15H16ClN3O3S/c1-9-7-12(14(20)22-9)23-15-18-17-13(19(15)2)8-21-11-6-4-3-5-10(11)16/h3-6,9,12H,7-8H2,1-2H3. The molecule has 0 amide bonds. The number of carbonyl (C=O) groups is 1. The zero-order chi connectivity index (χ0) is 16.4. The lowest BCUT2D eigenvalue weighted by atomic mass is 10.3. The van der Waals surface area contributed by atoms with Gasteiger partial charge in [0.2, 0.25) is 0 Å². The maximum absolute atomic E-state index is 11.7. The van der Waals surface area contributed by atoms with E-state index in [9.17, 15) is 4.79 Å². The van der Waals surface area contributed by atoms with Crippen molar-refractivity contribution in [2.45, 2.75) is 36.5 Å². The Morgan fingerprint density at radius 2 is 2.22 bits per heavy atom. The third kappa shape index (κ3) is 3.61. The predicted octanol–water partition coefficient (Wildman–Crippen LogP) is 2.84. The summed E-state index contributed by atoms with van der Waals surface area (Å²) in [6, 6.07) is 7.26. The normalized spacial score (nSPS) is 20.6.